The Bertz CT molecular complexity index is 298. The second-order valence-electron chi connectivity index (χ2n) is 6.03. The summed E-state index contributed by atoms with van der Waals surface area (Å²) in [7, 11) is 6.03. The van der Waals surface area contributed by atoms with Gasteiger partial charge in [-0.25, -0.2) is 0 Å². The molecule has 2 atom stereocenters. The van der Waals surface area contributed by atoms with Crippen LogP contribution in [0.4, 0.5) is 0 Å². The molecule has 0 aromatic carbocycles. The highest BCUT2D eigenvalue weighted by molar-refractivity contribution is 5.78. The molecule has 5 nitrogen and oxygen atoms in total. The molecule has 2 N–H and O–H groups in total. The van der Waals surface area contributed by atoms with Gasteiger partial charge in [0.2, 0.25) is 0 Å². The Morgan fingerprint density at radius 2 is 2.26 bits per heavy atom. The monoisotopic (exact) mass is 271 g/mol. The molecular formula is C14H29N3O2. The smallest absolute Gasteiger partial charge is 0.323 e. The number of nitrogens with zero attached hydrogens (tertiary/aromatic N) is 2. The maximum atomic E-state index is 11.2. The molecule has 0 aliphatic carbocycles. The maximum Gasteiger partial charge on any atom is 0.323 e. The first-order chi connectivity index (χ1) is 8.89. The largest absolute Gasteiger partial charge is 0.480 e. The number of hydrogen-bond acceptors (Lipinski definition) is 4. The van der Waals surface area contributed by atoms with E-state index in [0.29, 0.717) is 12.5 Å². The Labute approximate surface area is 117 Å². The van der Waals surface area contributed by atoms with E-state index in [9.17, 15) is 9.90 Å². The summed E-state index contributed by atoms with van der Waals surface area (Å²) in [6, 6.07) is 0.667. The predicted molar refractivity (Wildman–Crippen MR) is 77.5 cm³/mol. The first-order valence-corrected chi connectivity index (χ1v) is 7.20. The molecule has 1 rings (SSSR count). The van der Waals surface area contributed by atoms with Gasteiger partial charge >= 0.3 is 5.97 Å². The lowest BCUT2D eigenvalue weighted by Crippen LogP contribution is -2.48. The Morgan fingerprint density at radius 3 is 2.74 bits per heavy atom. The predicted octanol–water partition coefficient (Wildman–Crippen LogP) is 0.855. The van der Waals surface area contributed by atoms with E-state index in [2.05, 4.69) is 29.2 Å². The van der Waals surface area contributed by atoms with Gasteiger partial charge in [0, 0.05) is 12.6 Å². The second-order valence-corrected chi connectivity index (χ2v) is 6.03. The zero-order chi connectivity index (χ0) is 14.5. The lowest BCUT2D eigenvalue weighted by atomic mass is 9.96. The molecule has 0 aromatic rings. The number of carboxylic acids is 1. The maximum absolute atomic E-state index is 11.2. The number of hydrogen-bond donors (Lipinski definition) is 2. The summed E-state index contributed by atoms with van der Waals surface area (Å²) in [6.45, 7) is 4.99. The van der Waals surface area contributed by atoms with Gasteiger partial charge in [0.25, 0.3) is 0 Å². The van der Waals surface area contributed by atoms with Crippen molar-refractivity contribution < 1.29 is 9.90 Å². The third-order valence-electron chi connectivity index (χ3n) is 4.43. The first-order valence-electron chi connectivity index (χ1n) is 7.20. The van der Waals surface area contributed by atoms with Gasteiger partial charge in [-0.1, -0.05) is 0 Å². The quantitative estimate of drug-likeness (QED) is 0.685. The van der Waals surface area contributed by atoms with E-state index in [4.69, 9.17) is 0 Å². The molecule has 1 fully saturated rings. The number of likely N-dealkylation sites (tertiary alicyclic amines) is 1. The summed E-state index contributed by atoms with van der Waals surface area (Å²) >= 11 is 0. The highest BCUT2D eigenvalue weighted by Crippen LogP contribution is 2.16. The van der Waals surface area contributed by atoms with Crippen molar-refractivity contribution in [1.29, 1.82) is 0 Å². The van der Waals surface area contributed by atoms with Gasteiger partial charge in [-0.3, -0.25) is 4.79 Å². The van der Waals surface area contributed by atoms with Crippen LogP contribution < -0.4 is 5.32 Å². The zero-order valence-corrected chi connectivity index (χ0v) is 12.8. The minimum absolute atomic E-state index is 0.656. The summed E-state index contributed by atoms with van der Waals surface area (Å²) in [4.78, 5) is 15.9. The van der Waals surface area contributed by atoms with Crippen LogP contribution in [0.15, 0.2) is 0 Å². The van der Waals surface area contributed by atoms with Crippen molar-refractivity contribution in [3.8, 4) is 0 Å². The lowest BCUT2D eigenvalue weighted by Gasteiger charge is -2.28. The fraction of sp³-hybridized carbons (Fsp3) is 0.929. The van der Waals surface area contributed by atoms with Gasteiger partial charge in [-0.15, -0.1) is 0 Å². The molecule has 2 unspecified atom stereocenters. The van der Waals surface area contributed by atoms with Crippen molar-refractivity contribution in [2.45, 2.75) is 44.2 Å². The highest BCUT2D eigenvalue weighted by Gasteiger charge is 2.30. The van der Waals surface area contributed by atoms with Crippen molar-refractivity contribution >= 4 is 5.97 Å². The molecule has 0 radical (unpaired) electrons. The van der Waals surface area contributed by atoms with Crippen molar-refractivity contribution in [1.82, 2.24) is 15.1 Å². The van der Waals surface area contributed by atoms with Crippen molar-refractivity contribution in [2.75, 3.05) is 40.8 Å². The number of likely N-dealkylation sites (N-methyl/N-ethyl adjacent to an activating group) is 3. The molecule has 19 heavy (non-hydrogen) atoms. The van der Waals surface area contributed by atoms with Crippen LogP contribution >= 0.6 is 0 Å². The van der Waals surface area contributed by atoms with E-state index in [0.717, 1.165) is 19.5 Å². The Hall–Kier alpha value is -0.650. The van der Waals surface area contributed by atoms with Gasteiger partial charge < -0.3 is 20.2 Å². The zero-order valence-electron chi connectivity index (χ0n) is 12.8. The third kappa shape index (κ3) is 4.75. The van der Waals surface area contributed by atoms with Crippen LogP contribution in [0, 0.1) is 0 Å². The minimum Gasteiger partial charge on any atom is -0.480 e. The van der Waals surface area contributed by atoms with E-state index in [1.54, 1.807) is 14.0 Å². The molecule has 0 amide bonds. The normalized spacial score (nSPS) is 23.7. The highest BCUT2D eigenvalue weighted by atomic mass is 16.4. The van der Waals surface area contributed by atoms with E-state index in [1.165, 1.54) is 19.4 Å². The number of carbonyl (C=O) groups is 1. The molecule has 0 spiro atoms. The van der Waals surface area contributed by atoms with Gasteiger partial charge in [-0.2, -0.15) is 0 Å². The SMILES string of the molecule is CNC(C)(CCCN(C)CC1CCCN1C)C(=O)O. The molecule has 0 bridgehead atoms. The van der Waals surface area contributed by atoms with Gasteiger partial charge in [0.1, 0.15) is 5.54 Å². The van der Waals surface area contributed by atoms with Crippen molar-refractivity contribution in [3.05, 3.63) is 0 Å². The number of aliphatic carboxylic acids is 1. The molecule has 112 valence electrons. The number of carboxylic acid groups (broad SMARTS) is 1. The summed E-state index contributed by atoms with van der Waals surface area (Å²) in [5.74, 6) is -0.770. The van der Waals surface area contributed by atoms with E-state index in [-0.39, 0.29) is 0 Å². The molecule has 5 heteroatoms. The van der Waals surface area contributed by atoms with Crippen molar-refractivity contribution in [3.63, 3.8) is 0 Å². The van der Waals surface area contributed by atoms with Crippen LogP contribution in [0.3, 0.4) is 0 Å². The Balaban J connectivity index is 2.26. The average molecular weight is 271 g/mol. The molecule has 1 heterocycles. The molecular weight excluding hydrogens is 242 g/mol. The van der Waals surface area contributed by atoms with E-state index < -0.39 is 11.5 Å². The lowest BCUT2D eigenvalue weighted by molar-refractivity contribution is -0.144. The van der Waals surface area contributed by atoms with E-state index in [1.807, 2.05) is 0 Å². The molecule has 1 aliphatic rings. The van der Waals surface area contributed by atoms with Gasteiger partial charge in [0.15, 0.2) is 0 Å². The molecule has 1 saturated heterocycles. The van der Waals surface area contributed by atoms with Crippen LogP contribution in [0.1, 0.15) is 32.6 Å². The Kier molecular flexibility index (Phi) is 6.23. The van der Waals surface area contributed by atoms with Gasteiger partial charge in [-0.05, 0) is 66.8 Å². The second kappa shape index (κ2) is 7.22. The summed E-state index contributed by atoms with van der Waals surface area (Å²) < 4.78 is 0. The number of nitrogens with one attached hydrogen (secondary N) is 1. The number of rotatable bonds is 8. The molecule has 0 saturated carbocycles. The van der Waals surface area contributed by atoms with Crippen LogP contribution in [0.5, 0.6) is 0 Å². The Morgan fingerprint density at radius 1 is 1.58 bits per heavy atom. The standard InChI is InChI=1S/C14H29N3O2/c1-14(15-2,13(18)19)8-6-9-16(3)11-12-7-5-10-17(12)4/h12,15H,5-11H2,1-4H3,(H,18,19). The molecule has 1 aliphatic heterocycles. The first kappa shape index (κ1) is 16.4. The summed E-state index contributed by atoms with van der Waals surface area (Å²) in [5, 5.41) is 12.1. The van der Waals surface area contributed by atoms with Crippen LogP contribution in [-0.2, 0) is 4.79 Å². The minimum atomic E-state index is -0.801. The van der Waals surface area contributed by atoms with Gasteiger partial charge in [0.05, 0.1) is 0 Å². The van der Waals surface area contributed by atoms with Crippen LogP contribution in [0.25, 0.3) is 0 Å². The molecule has 0 aromatic heterocycles. The van der Waals surface area contributed by atoms with Crippen molar-refractivity contribution in [2.24, 2.45) is 0 Å². The van der Waals surface area contributed by atoms with Crippen LogP contribution in [-0.4, -0.2) is 73.2 Å². The summed E-state index contributed by atoms with van der Waals surface area (Å²) in [6.07, 6.45) is 4.14. The van der Waals surface area contributed by atoms with Crippen LogP contribution in [0.2, 0.25) is 0 Å². The average Bonchev–Trinajstić information content (AvgIpc) is 2.74. The topological polar surface area (TPSA) is 55.8 Å². The third-order valence-corrected chi connectivity index (χ3v) is 4.43. The summed E-state index contributed by atoms with van der Waals surface area (Å²) in [5.41, 5.74) is -0.801. The van der Waals surface area contributed by atoms with E-state index >= 15 is 0 Å². The fourth-order valence-electron chi connectivity index (χ4n) is 2.70. The fourth-order valence-corrected chi connectivity index (χ4v) is 2.70.